The van der Waals surface area contributed by atoms with E-state index >= 15 is 0 Å². The molecule has 0 bridgehead atoms. The second kappa shape index (κ2) is 8.39. The van der Waals surface area contributed by atoms with Crippen LogP contribution in [-0.4, -0.2) is 48.5 Å². The van der Waals surface area contributed by atoms with Gasteiger partial charge in [-0.1, -0.05) is 18.2 Å². The van der Waals surface area contributed by atoms with Crippen molar-refractivity contribution < 1.29 is 13.9 Å². The molecule has 0 aliphatic carbocycles. The summed E-state index contributed by atoms with van der Waals surface area (Å²) in [4.78, 5) is 17.2. The molecule has 0 saturated carbocycles. The Morgan fingerprint density at radius 1 is 1.14 bits per heavy atom. The molecule has 2 aromatic rings. The van der Waals surface area contributed by atoms with Crippen molar-refractivity contribution >= 4 is 5.91 Å². The van der Waals surface area contributed by atoms with Gasteiger partial charge in [-0.25, -0.2) is 0 Å². The first-order chi connectivity index (χ1) is 13.6. The van der Waals surface area contributed by atoms with E-state index in [0.717, 1.165) is 69.1 Å². The third-order valence-corrected chi connectivity index (χ3v) is 5.98. The number of amides is 1. The highest BCUT2D eigenvalue weighted by atomic mass is 16.5. The molecule has 4 rings (SSSR count). The number of para-hydroxylation sites is 1. The van der Waals surface area contributed by atoms with Gasteiger partial charge in [0.2, 0.25) is 0 Å². The third kappa shape index (κ3) is 4.41. The lowest BCUT2D eigenvalue weighted by atomic mass is 9.95. The van der Waals surface area contributed by atoms with Crippen molar-refractivity contribution in [3.63, 3.8) is 0 Å². The SMILES string of the molecule is Cc1ccc(CN2CCC(CN(C)C(=O)[C@@H]3CCc4ccccc4O3)CC2)o1. The van der Waals surface area contributed by atoms with Gasteiger partial charge in [-0.3, -0.25) is 9.69 Å². The molecule has 1 fully saturated rings. The number of benzene rings is 1. The molecule has 1 amide bonds. The monoisotopic (exact) mass is 382 g/mol. The Balaban J connectivity index is 1.24. The molecule has 150 valence electrons. The number of carbonyl (C=O) groups excluding carboxylic acids is 1. The van der Waals surface area contributed by atoms with Crippen LogP contribution >= 0.6 is 0 Å². The summed E-state index contributed by atoms with van der Waals surface area (Å²) in [5, 5.41) is 0. The number of nitrogens with zero attached hydrogens (tertiary/aromatic N) is 2. The summed E-state index contributed by atoms with van der Waals surface area (Å²) in [6.07, 6.45) is 3.56. The zero-order valence-electron chi connectivity index (χ0n) is 16.9. The molecule has 3 heterocycles. The zero-order valence-corrected chi connectivity index (χ0v) is 16.9. The summed E-state index contributed by atoms with van der Waals surface area (Å²) < 4.78 is 11.7. The van der Waals surface area contributed by atoms with Gasteiger partial charge in [0.15, 0.2) is 6.10 Å². The van der Waals surface area contributed by atoms with E-state index in [0.29, 0.717) is 5.92 Å². The van der Waals surface area contributed by atoms with Crippen molar-refractivity contribution in [3.8, 4) is 5.75 Å². The van der Waals surface area contributed by atoms with Crippen molar-refractivity contribution in [1.82, 2.24) is 9.80 Å². The third-order valence-electron chi connectivity index (χ3n) is 5.98. The van der Waals surface area contributed by atoms with Crippen LogP contribution in [0.2, 0.25) is 0 Å². The van der Waals surface area contributed by atoms with Gasteiger partial charge in [-0.2, -0.15) is 0 Å². The lowest BCUT2D eigenvalue weighted by Crippen LogP contribution is -2.45. The first-order valence-corrected chi connectivity index (χ1v) is 10.4. The van der Waals surface area contributed by atoms with Crippen LogP contribution in [0.15, 0.2) is 40.8 Å². The van der Waals surface area contributed by atoms with Crippen LogP contribution in [0, 0.1) is 12.8 Å². The molecule has 1 aromatic carbocycles. The lowest BCUT2D eigenvalue weighted by molar-refractivity contribution is -0.138. The highest BCUT2D eigenvalue weighted by molar-refractivity contribution is 5.81. The Hall–Kier alpha value is -2.27. The molecular formula is C23H30N2O3. The van der Waals surface area contributed by atoms with Gasteiger partial charge in [0.25, 0.3) is 5.91 Å². The topological polar surface area (TPSA) is 45.9 Å². The van der Waals surface area contributed by atoms with Gasteiger partial charge in [-0.05, 0) is 75.4 Å². The predicted octanol–water partition coefficient (Wildman–Crippen LogP) is 3.65. The number of fused-ring (bicyclic) bond motifs is 1. The number of carbonyl (C=O) groups is 1. The molecule has 0 radical (unpaired) electrons. The Morgan fingerprint density at radius 2 is 1.93 bits per heavy atom. The largest absolute Gasteiger partial charge is 0.480 e. The van der Waals surface area contributed by atoms with E-state index in [4.69, 9.17) is 9.15 Å². The van der Waals surface area contributed by atoms with Crippen molar-refractivity contribution in [2.75, 3.05) is 26.7 Å². The maximum absolute atomic E-state index is 12.9. The number of hydrogen-bond acceptors (Lipinski definition) is 4. The number of likely N-dealkylation sites (tertiary alicyclic amines) is 1. The quantitative estimate of drug-likeness (QED) is 0.792. The molecule has 2 aliphatic rings. The van der Waals surface area contributed by atoms with Crippen LogP contribution in [0.3, 0.4) is 0 Å². The number of rotatable bonds is 5. The van der Waals surface area contributed by atoms with Gasteiger partial charge in [0.05, 0.1) is 6.54 Å². The number of aryl methyl sites for hydroxylation is 2. The highest BCUT2D eigenvalue weighted by Gasteiger charge is 2.30. The van der Waals surface area contributed by atoms with E-state index in [1.54, 1.807) is 0 Å². The van der Waals surface area contributed by atoms with Gasteiger partial charge >= 0.3 is 0 Å². The summed E-state index contributed by atoms with van der Waals surface area (Å²) >= 11 is 0. The smallest absolute Gasteiger partial charge is 0.263 e. The average molecular weight is 383 g/mol. The number of piperidine rings is 1. The summed E-state index contributed by atoms with van der Waals surface area (Å²) in [6.45, 7) is 5.79. The molecule has 2 aliphatic heterocycles. The van der Waals surface area contributed by atoms with Crippen molar-refractivity contribution in [1.29, 1.82) is 0 Å². The maximum Gasteiger partial charge on any atom is 0.263 e. The van der Waals surface area contributed by atoms with Crippen LogP contribution in [0.4, 0.5) is 0 Å². The average Bonchev–Trinajstić information content (AvgIpc) is 3.13. The maximum atomic E-state index is 12.9. The molecule has 0 N–H and O–H groups in total. The number of likely N-dealkylation sites (N-methyl/N-ethyl adjacent to an activating group) is 1. The summed E-state index contributed by atoms with van der Waals surface area (Å²) in [7, 11) is 1.92. The van der Waals surface area contributed by atoms with E-state index in [2.05, 4.69) is 17.0 Å². The molecule has 1 aromatic heterocycles. The minimum absolute atomic E-state index is 0.114. The number of furan rings is 1. The van der Waals surface area contributed by atoms with E-state index in [9.17, 15) is 4.79 Å². The van der Waals surface area contributed by atoms with Crippen LogP contribution in [-0.2, 0) is 17.8 Å². The number of hydrogen-bond donors (Lipinski definition) is 0. The van der Waals surface area contributed by atoms with E-state index in [1.165, 1.54) is 5.56 Å². The Kier molecular flexibility index (Phi) is 5.72. The van der Waals surface area contributed by atoms with Crippen molar-refractivity contribution in [3.05, 3.63) is 53.5 Å². The van der Waals surface area contributed by atoms with E-state index in [-0.39, 0.29) is 12.0 Å². The first kappa shape index (κ1) is 19.1. The normalized spacial score (nSPS) is 20.4. The molecule has 1 atom stereocenters. The van der Waals surface area contributed by atoms with Crippen molar-refractivity contribution in [2.45, 2.75) is 45.3 Å². The molecule has 5 heteroatoms. The fraction of sp³-hybridized carbons (Fsp3) is 0.522. The number of ether oxygens (including phenoxy) is 1. The van der Waals surface area contributed by atoms with Gasteiger partial charge in [0, 0.05) is 13.6 Å². The molecule has 0 spiro atoms. The standard InChI is InChI=1S/C23H30N2O3/c1-17-7-9-20(27-17)16-25-13-11-18(12-14-25)15-24(2)23(26)22-10-8-19-5-3-4-6-21(19)28-22/h3-7,9,18,22H,8,10-16H2,1-2H3/t22-/m0/s1. The lowest BCUT2D eigenvalue weighted by Gasteiger charge is -2.35. The fourth-order valence-corrected chi connectivity index (χ4v) is 4.34. The second-order valence-electron chi connectivity index (χ2n) is 8.20. The minimum atomic E-state index is -0.345. The Morgan fingerprint density at radius 3 is 2.68 bits per heavy atom. The minimum Gasteiger partial charge on any atom is -0.480 e. The van der Waals surface area contributed by atoms with Crippen LogP contribution in [0.5, 0.6) is 5.75 Å². The fourth-order valence-electron chi connectivity index (χ4n) is 4.34. The zero-order chi connectivity index (χ0) is 19.5. The second-order valence-corrected chi connectivity index (χ2v) is 8.20. The summed E-state index contributed by atoms with van der Waals surface area (Å²) in [5.74, 6) is 3.54. The summed E-state index contributed by atoms with van der Waals surface area (Å²) in [5.41, 5.74) is 1.20. The molecule has 5 nitrogen and oxygen atoms in total. The Labute approximate surface area is 167 Å². The molecule has 0 unspecified atom stereocenters. The predicted molar refractivity (Wildman–Crippen MR) is 108 cm³/mol. The van der Waals surface area contributed by atoms with Crippen LogP contribution in [0.1, 0.15) is 36.3 Å². The van der Waals surface area contributed by atoms with E-state index < -0.39 is 0 Å². The molecule has 28 heavy (non-hydrogen) atoms. The van der Waals surface area contributed by atoms with Crippen LogP contribution in [0.25, 0.3) is 0 Å². The van der Waals surface area contributed by atoms with Gasteiger partial charge in [0.1, 0.15) is 17.3 Å². The van der Waals surface area contributed by atoms with Crippen LogP contribution < -0.4 is 4.74 Å². The highest BCUT2D eigenvalue weighted by Crippen LogP contribution is 2.28. The first-order valence-electron chi connectivity index (χ1n) is 10.4. The Bertz CT molecular complexity index is 808. The van der Waals surface area contributed by atoms with Gasteiger partial charge < -0.3 is 14.1 Å². The van der Waals surface area contributed by atoms with Gasteiger partial charge in [-0.15, -0.1) is 0 Å². The van der Waals surface area contributed by atoms with E-state index in [1.807, 2.05) is 43.1 Å². The molecule has 1 saturated heterocycles. The summed E-state index contributed by atoms with van der Waals surface area (Å²) in [6, 6.07) is 12.1. The van der Waals surface area contributed by atoms with Crippen molar-refractivity contribution in [2.24, 2.45) is 5.92 Å². The molecular weight excluding hydrogens is 352 g/mol.